The molecule has 0 aliphatic rings. The van der Waals surface area contributed by atoms with Crippen molar-refractivity contribution >= 4 is 33.6 Å². The van der Waals surface area contributed by atoms with E-state index in [1.165, 1.54) is 5.56 Å². The first-order valence-corrected chi connectivity index (χ1v) is 8.41. The summed E-state index contributed by atoms with van der Waals surface area (Å²) in [6.07, 6.45) is 3.38. The number of aryl methyl sites for hydroxylation is 1. The third-order valence-corrected chi connectivity index (χ3v) is 4.24. The Morgan fingerprint density at radius 1 is 1.09 bits per heavy atom. The molecule has 23 heavy (non-hydrogen) atoms. The Labute approximate surface area is 146 Å². The molecule has 0 aliphatic heterocycles. The Balaban J connectivity index is 2.03. The molecular weight excluding hydrogens is 350 g/mol. The Morgan fingerprint density at radius 3 is 2.30 bits per heavy atom. The van der Waals surface area contributed by atoms with Crippen LogP contribution in [-0.4, -0.2) is 5.91 Å². The van der Waals surface area contributed by atoms with Crippen LogP contribution >= 0.6 is 15.9 Å². The largest absolute Gasteiger partial charge is 0.321 e. The van der Waals surface area contributed by atoms with Crippen LogP contribution in [0.25, 0.3) is 6.08 Å². The summed E-state index contributed by atoms with van der Waals surface area (Å²) in [5.41, 5.74) is 4.34. The summed E-state index contributed by atoms with van der Waals surface area (Å²) in [6.45, 7) is 8.57. The molecule has 1 N–H and O–H groups in total. The predicted molar refractivity (Wildman–Crippen MR) is 102 cm³/mol. The van der Waals surface area contributed by atoms with E-state index in [1.54, 1.807) is 6.08 Å². The number of rotatable bonds is 3. The number of carbonyl (C=O) groups excluding carboxylic acids is 1. The van der Waals surface area contributed by atoms with Gasteiger partial charge in [0.25, 0.3) is 0 Å². The monoisotopic (exact) mass is 371 g/mol. The van der Waals surface area contributed by atoms with E-state index in [9.17, 15) is 4.79 Å². The van der Waals surface area contributed by atoms with Crippen LogP contribution in [0.3, 0.4) is 0 Å². The molecule has 2 aromatic carbocycles. The highest BCUT2D eigenvalue weighted by Crippen LogP contribution is 2.24. The van der Waals surface area contributed by atoms with E-state index in [0.717, 1.165) is 21.3 Å². The van der Waals surface area contributed by atoms with Crippen LogP contribution < -0.4 is 5.32 Å². The number of amides is 1. The van der Waals surface area contributed by atoms with Gasteiger partial charge in [0.15, 0.2) is 0 Å². The Bertz CT molecular complexity index is 724. The van der Waals surface area contributed by atoms with Gasteiger partial charge in [0.05, 0.1) is 5.69 Å². The van der Waals surface area contributed by atoms with E-state index in [4.69, 9.17) is 0 Å². The fourth-order valence-electron chi connectivity index (χ4n) is 2.16. The Morgan fingerprint density at radius 2 is 1.74 bits per heavy atom. The van der Waals surface area contributed by atoms with E-state index >= 15 is 0 Å². The molecule has 0 bridgehead atoms. The maximum atomic E-state index is 12.0. The molecule has 0 spiro atoms. The summed E-state index contributed by atoms with van der Waals surface area (Å²) in [7, 11) is 0. The standard InChI is InChI=1S/C20H22BrNO/c1-14-5-11-18(17(21)13-14)22-19(23)12-8-15-6-9-16(10-7-15)20(2,3)4/h5-13H,1-4H3,(H,22,23)/b12-8+. The summed E-state index contributed by atoms with van der Waals surface area (Å²) < 4.78 is 0.883. The second-order valence-electron chi connectivity index (χ2n) is 6.68. The van der Waals surface area contributed by atoms with Gasteiger partial charge in [-0.2, -0.15) is 0 Å². The van der Waals surface area contributed by atoms with Crippen molar-refractivity contribution in [2.45, 2.75) is 33.1 Å². The van der Waals surface area contributed by atoms with E-state index < -0.39 is 0 Å². The maximum Gasteiger partial charge on any atom is 0.248 e. The van der Waals surface area contributed by atoms with Crippen molar-refractivity contribution in [1.29, 1.82) is 0 Å². The van der Waals surface area contributed by atoms with Crippen LogP contribution in [0.5, 0.6) is 0 Å². The molecule has 0 radical (unpaired) electrons. The van der Waals surface area contributed by atoms with Crippen molar-refractivity contribution in [3.05, 3.63) is 69.7 Å². The number of halogens is 1. The molecule has 0 atom stereocenters. The second kappa shape index (κ2) is 7.14. The van der Waals surface area contributed by atoms with Gasteiger partial charge in [-0.15, -0.1) is 0 Å². The fourth-order valence-corrected chi connectivity index (χ4v) is 2.75. The lowest BCUT2D eigenvalue weighted by Crippen LogP contribution is -2.10. The topological polar surface area (TPSA) is 29.1 Å². The summed E-state index contributed by atoms with van der Waals surface area (Å²) in [5, 5.41) is 2.87. The highest BCUT2D eigenvalue weighted by molar-refractivity contribution is 9.10. The summed E-state index contributed by atoms with van der Waals surface area (Å²) in [5.74, 6) is -0.144. The van der Waals surface area contributed by atoms with E-state index in [2.05, 4.69) is 54.2 Å². The van der Waals surface area contributed by atoms with Crippen LogP contribution in [-0.2, 0) is 10.2 Å². The Kier molecular flexibility index (Phi) is 5.42. The molecule has 2 nitrogen and oxygen atoms in total. The maximum absolute atomic E-state index is 12.0. The molecule has 0 aliphatic carbocycles. The zero-order valence-electron chi connectivity index (χ0n) is 14.0. The molecule has 0 aromatic heterocycles. The van der Waals surface area contributed by atoms with Crippen molar-refractivity contribution < 1.29 is 4.79 Å². The van der Waals surface area contributed by atoms with Crippen molar-refractivity contribution in [1.82, 2.24) is 0 Å². The van der Waals surface area contributed by atoms with Gasteiger partial charge >= 0.3 is 0 Å². The summed E-state index contributed by atoms with van der Waals surface area (Å²) in [4.78, 5) is 12.0. The van der Waals surface area contributed by atoms with Gasteiger partial charge < -0.3 is 5.32 Å². The smallest absolute Gasteiger partial charge is 0.248 e. The number of hydrogen-bond acceptors (Lipinski definition) is 1. The normalized spacial score (nSPS) is 11.7. The number of carbonyl (C=O) groups is 1. The van der Waals surface area contributed by atoms with Crippen LogP contribution in [0.15, 0.2) is 53.0 Å². The van der Waals surface area contributed by atoms with Gasteiger partial charge in [0.1, 0.15) is 0 Å². The van der Waals surface area contributed by atoms with Gasteiger partial charge in [0.2, 0.25) is 5.91 Å². The number of anilines is 1. The molecular formula is C20H22BrNO. The zero-order chi connectivity index (χ0) is 17.0. The molecule has 2 rings (SSSR count). The third kappa shape index (κ3) is 5.07. The lowest BCUT2D eigenvalue weighted by atomic mass is 9.87. The molecule has 0 saturated heterocycles. The first-order valence-electron chi connectivity index (χ1n) is 7.61. The van der Waals surface area contributed by atoms with Crippen LogP contribution in [0.2, 0.25) is 0 Å². The molecule has 0 unspecified atom stereocenters. The second-order valence-corrected chi connectivity index (χ2v) is 7.53. The Hall–Kier alpha value is -1.87. The highest BCUT2D eigenvalue weighted by atomic mass is 79.9. The average molecular weight is 372 g/mol. The van der Waals surface area contributed by atoms with Gasteiger partial charge in [-0.05, 0) is 63.2 Å². The first kappa shape index (κ1) is 17.5. The summed E-state index contributed by atoms with van der Waals surface area (Å²) in [6, 6.07) is 14.1. The van der Waals surface area contributed by atoms with E-state index in [1.807, 2.05) is 43.3 Å². The lowest BCUT2D eigenvalue weighted by Gasteiger charge is -2.18. The summed E-state index contributed by atoms with van der Waals surface area (Å²) >= 11 is 3.46. The van der Waals surface area contributed by atoms with Crippen LogP contribution in [0, 0.1) is 6.92 Å². The molecule has 3 heteroatoms. The number of benzene rings is 2. The molecule has 2 aromatic rings. The molecule has 0 heterocycles. The molecule has 0 saturated carbocycles. The van der Waals surface area contributed by atoms with E-state index in [0.29, 0.717) is 0 Å². The zero-order valence-corrected chi connectivity index (χ0v) is 15.6. The van der Waals surface area contributed by atoms with Gasteiger partial charge in [0, 0.05) is 10.5 Å². The highest BCUT2D eigenvalue weighted by Gasteiger charge is 2.12. The quantitative estimate of drug-likeness (QED) is 0.688. The van der Waals surface area contributed by atoms with Crippen molar-refractivity contribution in [3.8, 4) is 0 Å². The average Bonchev–Trinajstić information content (AvgIpc) is 2.47. The van der Waals surface area contributed by atoms with Crippen LogP contribution in [0.1, 0.15) is 37.5 Å². The first-order chi connectivity index (χ1) is 10.8. The molecule has 0 fully saturated rings. The van der Waals surface area contributed by atoms with Crippen molar-refractivity contribution in [3.63, 3.8) is 0 Å². The minimum absolute atomic E-state index is 0.136. The minimum Gasteiger partial charge on any atom is -0.321 e. The third-order valence-electron chi connectivity index (χ3n) is 3.59. The lowest BCUT2D eigenvalue weighted by molar-refractivity contribution is -0.111. The SMILES string of the molecule is Cc1ccc(NC(=O)/C=C/c2ccc(C(C)(C)C)cc2)c(Br)c1. The van der Waals surface area contributed by atoms with Crippen LogP contribution in [0.4, 0.5) is 5.69 Å². The predicted octanol–water partition coefficient (Wildman–Crippen LogP) is 5.71. The minimum atomic E-state index is -0.144. The molecule has 1 amide bonds. The van der Waals surface area contributed by atoms with Gasteiger partial charge in [-0.1, -0.05) is 51.1 Å². The van der Waals surface area contributed by atoms with E-state index in [-0.39, 0.29) is 11.3 Å². The fraction of sp³-hybridized carbons (Fsp3) is 0.250. The number of nitrogens with one attached hydrogen (secondary N) is 1. The van der Waals surface area contributed by atoms with Gasteiger partial charge in [-0.25, -0.2) is 0 Å². The van der Waals surface area contributed by atoms with Crippen molar-refractivity contribution in [2.75, 3.05) is 5.32 Å². The van der Waals surface area contributed by atoms with Crippen molar-refractivity contribution in [2.24, 2.45) is 0 Å². The molecule has 120 valence electrons. The van der Waals surface area contributed by atoms with Gasteiger partial charge in [-0.3, -0.25) is 4.79 Å². The number of hydrogen-bond donors (Lipinski definition) is 1.